The van der Waals surface area contributed by atoms with Crippen LogP contribution >= 0.6 is 0 Å². The molecule has 0 aliphatic carbocycles. The fourth-order valence-electron chi connectivity index (χ4n) is 1.73. The first-order valence-corrected chi connectivity index (χ1v) is 7.34. The number of aliphatic hydroxyl groups is 2. The number of nitrogens with zero attached hydrogens (tertiary/aromatic N) is 1. The smallest absolute Gasteiger partial charge is 0.335 e. The van der Waals surface area contributed by atoms with Gasteiger partial charge in [-0.15, -0.1) is 0 Å². The van der Waals surface area contributed by atoms with Crippen LogP contribution in [0, 0.1) is 6.92 Å². The van der Waals surface area contributed by atoms with Crippen LogP contribution in [0.5, 0.6) is 0 Å². The SMILES string of the molecule is Cc1ccc(C(=O)O)cc1S(=O)(=O)N(CCO)CCO. The van der Waals surface area contributed by atoms with Crippen LogP contribution in [-0.2, 0) is 10.0 Å². The largest absolute Gasteiger partial charge is 0.478 e. The number of aromatic carboxylic acids is 1. The lowest BCUT2D eigenvalue weighted by Gasteiger charge is -2.21. The number of carbonyl (C=O) groups is 1. The number of sulfonamides is 1. The second-order valence-corrected chi connectivity index (χ2v) is 6.04. The zero-order valence-corrected chi connectivity index (χ0v) is 11.8. The van der Waals surface area contributed by atoms with Crippen LogP contribution < -0.4 is 0 Å². The lowest BCUT2D eigenvalue weighted by atomic mass is 10.1. The number of carboxylic acids is 1. The summed E-state index contributed by atoms with van der Waals surface area (Å²) >= 11 is 0. The molecule has 8 heteroatoms. The quantitative estimate of drug-likeness (QED) is 0.635. The average Bonchev–Trinajstić information content (AvgIpc) is 2.38. The Hall–Kier alpha value is -1.48. The Morgan fingerprint density at radius 3 is 2.20 bits per heavy atom. The zero-order valence-electron chi connectivity index (χ0n) is 11.0. The predicted molar refractivity (Wildman–Crippen MR) is 71.1 cm³/mol. The molecule has 0 aromatic heterocycles. The molecule has 0 radical (unpaired) electrons. The molecule has 0 aliphatic rings. The van der Waals surface area contributed by atoms with Crippen LogP contribution in [0.25, 0.3) is 0 Å². The zero-order chi connectivity index (χ0) is 15.3. The van der Waals surface area contributed by atoms with E-state index in [4.69, 9.17) is 15.3 Å². The molecule has 0 heterocycles. The third-order valence-corrected chi connectivity index (χ3v) is 4.79. The summed E-state index contributed by atoms with van der Waals surface area (Å²) in [5.74, 6) is -1.22. The van der Waals surface area contributed by atoms with Gasteiger partial charge in [0.15, 0.2) is 0 Å². The van der Waals surface area contributed by atoms with E-state index in [0.29, 0.717) is 5.56 Å². The monoisotopic (exact) mass is 303 g/mol. The van der Waals surface area contributed by atoms with Crippen LogP contribution in [-0.4, -0.2) is 60.3 Å². The van der Waals surface area contributed by atoms with Crippen LogP contribution in [0.2, 0.25) is 0 Å². The van der Waals surface area contributed by atoms with Crippen LogP contribution in [0.3, 0.4) is 0 Å². The van der Waals surface area contributed by atoms with Crippen LogP contribution in [0.15, 0.2) is 23.1 Å². The molecule has 0 amide bonds. The number of hydrogen-bond donors (Lipinski definition) is 3. The van der Waals surface area contributed by atoms with Gasteiger partial charge in [0.1, 0.15) is 0 Å². The third kappa shape index (κ3) is 3.54. The van der Waals surface area contributed by atoms with E-state index in [9.17, 15) is 13.2 Å². The summed E-state index contributed by atoms with van der Waals surface area (Å²) in [6.07, 6.45) is 0. The van der Waals surface area contributed by atoms with Gasteiger partial charge in [-0.1, -0.05) is 6.07 Å². The van der Waals surface area contributed by atoms with Gasteiger partial charge in [-0.25, -0.2) is 13.2 Å². The molecule has 3 N–H and O–H groups in total. The van der Waals surface area contributed by atoms with E-state index >= 15 is 0 Å². The van der Waals surface area contributed by atoms with Gasteiger partial charge in [-0.2, -0.15) is 4.31 Å². The van der Waals surface area contributed by atoms with Crippen molar-refractivity contribution in [3.05, 3.63) is 29.3 Å². The Bertz CT molecular complexity index is 578. The average molecular weight is 303 g/mol. The Morgan fingerprint density at radius 2 is 1.75 bits per heavy atom. The predicted octanol–water partition coefficient (Wildman–Crippen LogP) is -0.331. The third-order valence-electron chi connectivity index (χ3n) is 2.75. The standard InChI is InChI=1S/C12H17NO6S/c1-9-2-3-10(12(16)17)8-11(9)20(18,19)13(4-6-14)5-7-15/h2-3,8,14-15H,4-7H2,1H3,(H,16,17). The summed E-state index contributed by atoms with van der Waals surface area (Å²) in [4.78, 5) is 10.8. The second kappa shape index (κ2) is 6.80. The number of rotatable bonds is 7. The molecular formula is C12H17NO6S. The second-order valence-electron chi connectivity index (χ2n) is 4.14. The summed E-state index contributed by atoms with van der Waals surface area (Å²) in [5.41, 5.74) is 0.262. The maximum atomic E-state index is 12.4. The van der Waals surface area contributed by atoms with Crippen molar-refractivity contribution >= 4 is 16.0 Å². The van der Waals surface area contributed by atoms with Crippen molar-refractivity contribution in [2.24, 2.45) is 0 Å². The van der Waals surface area contributed by atoms with E-state index in [1.165, 1.54) is 12.1 Å². The summed E-state index contributed by atoms with van der Waals surface area (Å²) < 4.78 is 25.8. The van der Waals surface area contributed by atoms with E-state index < -0.39 is 29.2 Å². The van der Waals surface area contributed by atoms with Crippen molar-refractivity contribution in [3.8, 4) is 0 Å². The molecule has 0 bridgehead atoms. The Balaban J connectivity index is 3.32. The highest BCUT2D eigenvalue weighted by Gasteiger charge is 2.26. The molecular weight excluding hydrogens is 286 g/mol. The highest BCUT2D eigenvalue weighted by molar-refractivity contribution is 7.89. The summed E-state index contributed by atoms with van der Waals surface area (Å²) in [6.45, 7) is 0.432. The first kappa shape index (κ1) is 16.6. The van der Waals surface area contributed by atoms with Crippen molar-refractivity contribution in [1.82, 2.24) is 4.31 Å². The molecule has 0 saturated carbocycles. The van der Waals surface area contributed by atoms with Gasteiger partial charge in [0.05, 0.1) is 23.7 Å². The number of aliphatic hydroxyl groups excluding tert-OH is 2. The number of carboxylic acid groups (broad SMARTS) is 1. The van der Waals surface area contributed by atoms with Crippen molar-refractivity contribution in [2.75, 3.05) is 26.3 Å². The topological polar surface area (TPSA) is 115 Å². The minimum atomic E-state index is -3.96. The molecule has 20 heavy (non-hydrogen) atoms. The highest BCUT2D eigenvalue weighted by Crippen LogP contribution is 2.21. The maximum absolute atomic E-state index is 12.4. The summed E-state index contributed by atoms with van der Waals surface area (Å²) in [6, 6.07) is 3.81. The first-order valence-electron chi connectivity index (χ1n) is 5.90. The van der Waals surface area contributed by atoms with E-state index in [-0.39, 0.29) is 23.5 Å². The van der Waals surface area contributed by atoms with Gasteiger partial charge in [-0.05, 0) is 24.6 Å². The summed E-state index contributed by atoms with van der Waals surface area (Å²) in [7, 11) is -3.96. The van der Waals surface area contributed by atoms with E-state index in [1.807, 2.05) is 0 Å². The van der Waals surface area contributed by atoms with Crippen LogP contribution in [0.4, 0.5) is 0 Å². The van der Waals surface area contributed by atoms with Gasteiger partial charge >= 0.3 is 5.97 Å². The van der Waals surface area contributed by atoms with Gasteiger partial charge in [0.2, 0.25) is 10.0 Å². The first-order chi connectivity index (χ1) is 9.34. The fraction of sp³-hybridized carbons (Fsp3) is 0.417. The fourth-order valence-corrected chi connectivity index (χ4v) is 3.40. The molecule has 0 spiro atoms. The molecule has 1 aromatic rings. The van der Waals surface area contributed by atoms with Crippen LogP contribution in [0.1, 0.15) is 15.9 Å². The van der Waals surface area contributed by atoms with Gasteiger partial charge < -0.3 is 15.3 Å². The van der Waals surface area contributed by atoms with E-state index in [0.717, 1.165) is 10.4 Å². The maximum Gasteiger partial charge on any atom is 0.335 e. The molecule has 0 saturated heterocycles. The molecule has 0 aliphatic heterocycles. The Kier molecular flexibility index (Phi) is 5.63. The molecule has 0 unspecified atom stereocenters. The van der Waals surface area contributed by atoms with Gasteiger partial charge in [0, 0.05) is 13.1 Å². The minimum Gasteiger partial charge on any atom is -0.478 e. The molecule has 0 atom stereocenters. The lowest BCUT2D eigenvalue weighted by molar-refractivity contribution is 0.0696. The molecule has 0 fully saturated rings. The molecule has 1 aromatic carbocycles. The Morgan fingerprint density at radius 1 is 1.20 bits per heavy atom. The van der Waals surface area contributed by atoms with Crippen molar-refractivity contribution in [1.29, 1.82) is 0 Å². The minimum absolute atomic E-state index is 0.137. The van der Waals surface area contributed by atoms with Gasteiger partial charge in [-0.3, -0.25) is 0 Å². The van der Waals surface area contributed by atoms with Crippen molar-refractivity contribution < 1.29 is 28.5 Å². The van der Waals surface area contributed by atoms with Crippen molar-refractivity contribution in [2.45, 2.75) is 11.8 Å². The number of aryl methyl sites for hydroxylation is 1. The normalized spacial score (nSPS) is 11.8. The molecule has 112 valence electrons. The van der Waals surface area contributed by atoms with E-state index in [1.54, 1.807) is 6.92 Å². The summed E-state index contributed by atoms with van der Waals surface area (Å²) in [5, 5.41) is 26.7. The highest BCUT2D eigenvalue weighted by atomic mass is 32.2. The molecule has 7 nitrogen and oxygen atoms in total. The number of benzene rings is 1. The lowest BCUT2D eigenvalue weighted by Crippen LogP contribution is -2.36. The van der Waals surface area contributed by atoms with Gasteiger partial charge in [0.25, 0.3) is 0 Å². The Labute approximate surface area is 117 Å². The van der Waals surface area contributed by atoms with Crippen molar-refractivity contribution in [3.63, 3.8) is 0 Å². The van der Waals surface area contributed by atoms with E-state index in [2.05, 4.69) is 0 Å². The molecule has 1 rings (SSSR count). The number of hydrogen-bond acceptors (Lipinski definition) is 5.